The summed E-state index contributed by atoms with van der Waals surface area (Å²) in [5.41, 5.74) is 1.75. The monoisotopic (exact) mass is 401 g/mol. The molecule has 146 valence electrons. The van der Waals surface area contributed by atoms with Crippen molar-refractivity contribution in [2.24, 2.45) is 0 Å². The fourth-order valence-corrected chi connectivity index (χ4v) is 4.40. The van der Waals surface area contributed by atoms with Gasteiger partial charge in [0, 0.05) is 18.8 Å². The third-order valence-electron chi connectivity index (χ3n) is 4.71. The normalized spacial score (nSPS) is 16.4. The van der Waals surface area contributed by atoms with Crippen LogP contribution in [-0.2, 0) is 26.0 Å². The van der Waals surface area contributed by atoms with E-state index in [0.29, 0.717) is 37.6 Å². The predicted octanol–water partition coefficient (Wildman–Crippen LogP) is 1.45. The van der Waals surface area contributed by atoms with Crippen LogP contribution in [0.25, 0.3) is 0 Å². The fraction of sp³-hybridized carbons (Fsp3) is 0.263. The number of carbonyl (C=O) groups is 2. The van der Waals surface area contributed by atoms with Crippen LogP contribution in [0.2, 0.25) is 0 Å². The van der Waals surface area contributed by atoms with Crippen molar-refractivity contribution in [1.29, 1.82) is 0 Å². The third-order valence-corrected chi connectivity index (χ3v) is 6.08. The number of carbonyl (C=O) groups excluding carboxylic acids is 2. The molecular formula is C19H19N3O5S. The summed E-state index contributed by atoms with van der Waals surface area (Å²) in [6.45, 7) is 1.85. The number of nitrogens with one attached hydrogen (secondary N) is 2. The average Bonchev–Trinajstić information content (AvgIpc) is 3.07. The molecule has 0 spiro atoms. The van der Waals surface area contributed by atoms with Gasteiger partial charge in [-0.25, -0.2) is 8.42 Å². The van der Waals surface area contributed by atoms with Crippen molar-refractivity contribution >= 4 is 33.2 Å². The first kappa shape index (κ1) is 18.5. The summed E-state index contributed by atoms with van der Waals surface area (Å²) in [5, 5.41) is 2.67. The molecule has 0 saturated carbocycles. The molecule has 28 heavy (non-hydrogen) atoms. The number of hydrogen-bond acceptors (Lipinski definition) is 5. The third kappa shape index (κ3) is 3.58. The number of benzene rings is 2. The molecule has 0 unspecified atom stereocenters. The zero-order chi connectivity index (χ0) is 19.7. The van der Waals surface area contributed by atoms with E-state index in [1.807, 2.05) is 0 Å². The van der Waals surface area contributed by atoms with Gasteiger partial charge in [0.15, 0.2) is 0 Å². The zero-order valence-electron chi connectivity index (χ0n) is 15.0. The van der Waals surface area contributed by atoms with E-state index in [2.05, 4.69) is 10.0 Å². The highest BCUT2D eigenvalue weighted by Gasteiger charge is 2.25. The quantitative estimate of drug-likeness (QED) is 0.807. The SMILES string of the molecule is O=C1Cc2cc(S(=O)(=O)Nc3ccccc3C(=O)N3CCOCC3)ccc2N1. The molecule has 0 bridgehead atoms. The van der Waals surface area contributed by atoms with E-state index >= 15 is 0 Å². The number of nitrogens with zero attached hydrogens (tertiary/aromatic N) is 1. The second-order valence-corrected chi connectivity index (χ2v) is 8.28. The first-order chi connectivity index (χ1) is 13.4. The van der Waals surface area contributed by atoms with Crippen molar-refractivity contribution in [3.05, 3.63) is 53.6 Å². The van der Waals surface area contributed by atoms with Gasteiger partial charge in [-0.05, 0) is 35.9 Å². The molecule has 2 amide bonds. The summed E-state index contributed by atoms with van der Waals surface area (Å²) in [6.07, 6.45) is 0.144. The lowest BCUT2D eigenvalue weighted by Gasteiger charge is -2.27. The molecule has 0 radical (unpaired) electrons. The lowest BCUT2D eigenvalue weighted by molar-refractivity contribution is -0.115. The Morgan fingerprint density at radius 1 is 1.11 bits per heavy atom. The summed E-state index contributed by atoms with van der Waals surface area (Å²) in [5.74, 6) is -0.413. The molecule has 0 aromatic heterocycles. The van der Waals surface area contributed by atoms with Gasteiger partial charge in [0.1, 0.15) is 0 Å². The number of amides is 2. The first-order valence-corrected chi connectivity index (χ1v) is 10.3. The molecule has 2 N–H and O–H groups in total. The molecule has 1 fully saturated rings. The highest BCUT2D eigenvalue weighted by atomic mass is 32.2. The van der Waals surface area contributed by atoms with E-state index in [9.17, 15) is 18.0 Å². The van der Waals surface area contributed by atoms with Crippen LogP contribution in [0.3, 0.4) is 0 Å². The number of fused-ring (bicyclic) bond motifs is 1. The van der Waals surface area contributed by atoms with Crippen LogP contribution >= 0.6 is 0 Å². The lowest BCUT2D eigenvalue weighted by atomic mass is 10.1. The fourth-order valence-electron chi connectivity index (χ4n) is 3.27. The second kappa shape index (κ2) is 7.25. The number of sulfonamides is 1. The number of hydrogen-bond donors (Lipinski definition) is 2. The Bertz CT molecular complexity index is 1050. The summed E-state index contributed by atoms with van der Waals surface area (Å²) < 4.78 is 33.5. The van der Waals surface area contributed by atoms with E-state index in [-0.39, 0.29) is 34.4 Å². The molecule has 2 heterocycles. The van der Waals surface area contributed by atoms with Gasteiger partial charge in [-0.1, -0.05) is 12.1 Å². The number of para-hydroxylation sites is 1. The molecule has 2 aliphatic heterocycles. The summed E-state index contributed by atoms with van der Waals surface area (Å²) in [7, 11) is -3.92. The van der Waals surface area contributed by atoms with Crippen molar-refractivity contribution in [3.8, 4) is 0 Å². The number of rotatable bonds is 4. The summed E-state index contributed by atoms with van der Waals surface area (Å²) >= 11 is 0. The summed E-state index contributed by atoms with van der Waals surface area (Å²) in [6, 6.07) is 11.0. The minimum absolute atomic E-state index is 0.0383. The van der Waals surface area contributed by atoms with Gasteiger partial charge in [-0.2, -0.15) is 0 Å². The van der Waals surface area contributed by atoms with Crippen LogP contribution in [0.1, 0.15) is 15.9 Å². The van der Waals surface area contributed by atoms with Crippen LogP contribution in [0, 0.1) is 0 Å². The van der Waals surface area contributed by atoms with Crippen molar-refractivity contribution in [3.63, 3.8) is 0 Å². The molecule has 0 atom stereocenters. The predicted molar refractivity (Wildman–Crippen MR) is 103 cm³/mol. The van der Waals surface area contributed by atoms with Gasteiger partial charge in [0.25, 0.3) is 15.9 Å². The summed E-state index contributed by atoms with van der Waals surface area (Å²) in [4.78, 5) is 26.0. The molecule has 2 aliphatic rings. The Kier molecular flexibility index (Phi) is 4.78. The molecule has 2 aromatic carbocycles. The largest absolute Gasteiger partial charge is 0.378 e. The Balaban J connectivity index is 1.61. The van der Waals surface area contributed by atoms with Crippen LogP contribution < -0.4 is 10.0 Å². The van der Waals surface area contributed by atoms with Crippen molar-refractivity contribution in [2.45, 2.75) is 11.3 Å². The maximum atomic E-state index is 12.9. The maximum absolute atomic E-state index is 12.9. The van der Waals surface area contributed by atoms with Crippen molar-refractivity contribution in [2.75, 3.05) is 36.3 Å². The second-order valence-electron chi connectivity index (χ2n) is 6.60. The molecule has 2 aromatic rings. The Hall–Kier alpha value is -2.91. The molecule has 8 nitrogen and oxygen atoms in total. The average molecular weight is 401 g/mol. The Morgan fingerprint density at radius 2 is 1.86 bits per heavy atom. The topological polar surface area (TPSA) is 105 Å². The van der Waals surface area contributed by atoms with Gasteiger partial charge < -0.3 is 15.0 Å². The first-order valence-electron chi connectivity index (χ1n) is 8.86. The lowest BCUT2D eigenvalue weighted by Crippen LogP contribution is -2.41. The van der Waals surface area contributed by atoms with Gasteiger partial charge >= 0.3 is 0 Å². The smallest absolute Gasteiger partial charge is 0.261 e. The van der Waals surface area contributed by atoms with E-state index in [0.717, 1.165) is 0 Å². The zero-order valence-corrected chi connectivity index (χ0v) is 15.8. The highest BCUT2D eigenvalue weighted by molar-refractivity contribution is 7.92. The number of anilines is 2. The maximum Gasteiger partial charge on any atom is 0.261 e. The van der Waals surface area contributed by atoms with Gasteiger partial charge in [0.05, 0.1) is 35.8 Å². The Morgan fingerprint density at radius 3 is 2.64 bits per heavy atom. The number of ether oxygens (including phenoxy) is 1. The van der Waals surface area contributed by atoms with E-state index in [4.69, 9.17) is 4.74 Å². The van der Waals surface area contributed by atoms with Crippen molar-refractivity contribution < 1.29 is 22.7 Å². The van der Waals surface area contributed by atoms with Crippen molar-refractivity contribution in [1.82, 2.24) is 4.90 Å². The highest BCUT2D eigenvalue weighted by Crippen LogP contribution is 2.28. The molecule has 1 saturated heterocycles. The van der Waals surface area contributed by atoms with Gasteiger partial charge in [0.2, 0.25) is 5.91 Å². The van der Waals surface area contributed by atoms with Crippen LogP contribution in [0.4, 0.5) is 11.4 Å². The van der Waals surface area contributed by atoms with Crippen LogP contribution in [-0.4, -0.2) is 51.4 Å². The molecule has 4 rings (SSSR count). The molecule has 0 aliphatic carbocycles. The van der Waals surface area contributed by atoms with Crippen LogP contribution in [0.5, 0.6) is 0 Å². The van der Waals surface area contributed by atoms with E-state index < -0.39 is 10.0 Å². The minimum Gasteiger partial charge on any atom is -0.378 e. The Labute approximate surface area is 162 Å². The standard InChI is InChI=1S/C19H19N3O5S/c23-18-12-13-11-14(5-6-16(13)20-18)28(25,26)21-17-4-2-1-3-15(17)19(24)22-7-9-27-10-8-22/h1-6,11,21H,7-10,12H2,(H,20,23). The van der Waals surface area contributed by atoms with Gasteiger partial charge in [-0.3, -0.25) is 14.3 Å². The van der Waals surface area contributed by atoms with Crippen LogP contribution in [0.15, 0.2) is 47.4 Å². The molecular weight excluding hydrogens is 382 g/mol. The van der Waals surface area contributed by atoms with E-state index in [1.54, 1.807) is 35.2 Å². The number of morpholine rings is 1. The molecule has 9 heteroatoms. The van der Waals surface area contributed by atoms with Gasteiger partial charge in [-0.15, -0.1) is 0 Å². The van der Waals surface area contributed by atoms with E-state index in [1.165, 1.54) is 12.1 Å². The minimum atomic E-state index is -3.92.